The molecule has 0 aliphatic carbocycles. The topological polar surface area (TPSA) is 157 Å². The van der Waals surface area contributed by atoms with Gasteiger partial charge < -0.3 is 15.6 Å². The van der Waals surface area contributed by atoms with Gasteiger partial charge in [-0.15, -0.1) is 0 Å². The van der Waals surface area contributed by atoms with Crippen LogP contribution >= 0.6 is 0 Å². The second-order valence-corrected chi connectivity index (χ2v) is 11.7. The maximum atomic E-state index is 14.4. The number of nitrogens with zero attached hydrogens (tertiary/aromatic N) is 9. The monoisotopic (exact) mass is 600 g/mol. The molecule has 0 saturated heterocycles. The molecule has 2 aromatic carbocycles. The van der Waals surface area contributed by atoms with Crippen molar-refractivity contribution in [3.63, 3.8) is 0 Å². The number of benzene rings is 2. The highest BCUT2D eigenvalue weighted by Gasteiger charge is 2.35. The number of rotatable bonds is 5. The molecule has 3 N–H and O–H groups in total. The predicted molar refractivity (Wildman–Crippen MR) is 168 cm³/mol. The zero-order chi connectivity index (χ0) is 31.0. The number of fused-ring (bicyclic) bond motifs is 3. The molecule has 45 heavy (non-hydrogen) atoms. The minimum atomic E-state index is -0.507. The van der Waals surface area contributed by atoms with Crippen LogP contribution in [0, 0.1) is 0 Å². The van der Waals surface area contributed by atoms with Gasteiger partial charge in [0.25, 0.3) is 5.56 Å². The largest absolute Gasteiger partial charge is 0.504 e. The Labute approximate surface area is 255 Å². The summed E-state index contributed by atoms with van der Waals surface area (Å²) >= 11 is 0. The van der Waals surface area contributed by atoms with E-state index in [0.29, 0.717) is 45.6 Å². The summed E-state index contributed by atoms with van der Waals surface area (Å²) in [5.41, 5.74) is 10.4. The maximum Gasteiger partial charge on any atom is 0.281 e. The fourth-order valence-electron chi connectivity index (χ4n) is 6.25. The van der Waals surface area contributed by atoms with Crippen molar-refractivity contribution in [3.8, 4) is 34.0 Å². The van der Waals surface area contributed by atoms with Gasteiger partial charge in [0, 0.05) is 48.7 Å². The van der Waals surface area contributed by atoms with Gasteiger partial charge in [0.2, 0.25) is 0 Å². The number of phenols is 1. The van der Waals surface area contributed by atoms with Crippen LogP contribution in [0.4, 0.5) is 5.82 Å². The van der Waals surface area contributed by atoms with Gasteiger partial charge in [0.15, 0.2) is 23.0 Å². The third-order valence-corrected chi connectivity index (χ3v) is 8.18. The van der Waals surface area contributed by atoms with Crippen LogP contribution in [0.15, 0.2) is 78.2 Å². The standard InChI is InChI=1S/C32H28N10O3/c1-32(2)15-20-18(9-10-23(43)28(20)45-32)27-26-29(33)34-17-35-30(26)41(38-27)16-24-37-21-8-6-7-19(22-11-12-36-39(22)3)25(21)31(44)42(24)40-13-4-5-14-40/h4-14,17,43H,15-16H2,1-3H3,(H2,33,34,35). The van der Waals surface area contributed by atoms with Crippen molar-refractivity contribution >= 4 is 27.8 Å². The first-order chi connectivity index (χ1) is 21.7. The van der Waals surface area contributed by atoms with Crippen LogP contribution in [0.25, 0.3) is 44.5 Å². The molecule has 13 heteroatoms. The van der Waals surface area contributed by atoms with Crippen molar-refractivity contribution < 1.29 is 9.84 Å². The number of aromatic hydroxyl groups is 1. The van der Waals surface area contributed by atoms with E-state index in [1.807, 2.05) is 63.4 Å². The molecule has 1 aliphatic heterocycles. The Morgan fingerprint density at radius 3 is 2.62 bits per heavy atom. The van der Waals surface area contributed by atoms with E-state index in [0.717, 1.165) is 22.4 Å². The van der Waals surface area contributed by atoms with E-state index in [1.165, 1.54) is 11.0 Å². The van der Waals surface area contributed by atoms with Gasteiger partial charge in [0.1, 0.15) is 30.0 Å². The first kappa shape index (κ1) is 26.6. The van der Waals surface area contributed by atoms with Gasteiger partial charge in [-0.1, -0.05) is 12.1 Å². The SMILES string of the molecule is Cn1nccc1-c1cccc2nc(Cn3nc(-c4ccc(O)c5c4CC(C)(C)O5)c4c(N)ncnc43)n(-n3cccc3)c(=O)c12. The van der Waals surface area contributed by atoms with Gasteiger partial charge in [-0.2, -0.15) is 14.9 Å². The number of hydrogen-bond donors (Lipinski definition) is 2. The number of nitrogens with two attached hydrogens (primary N) is 1. The average Bonchev–Trinajstić information content (AvgIpc) is 3.81. The molecule has 0 amide bonds. The summed E-state index contributed by atoms with van der Waals surface area (Å²) in [4.78, 5) is 28.2. The lowest BCUT2D eigenvalue weighted by molar-refractivity contribution is 0.134. The van der Waals surface area contributed by atoms with Crippen molar-refractivity contribution in [1.82, 2.24) is 43.9 Å². The average molecular weight is 601 g/mol. The zero-order valence-corrected chi connectivity index (χ0v) is 24.7. The minimum absolute atomic E-state index is 0.0638. The van der Waals surface area contributed by atoms with E-state index in [1.54, 1.807) is 38.7 Å². The van der Waals surface area contributed by atoms with Crippen LogP contribution in [0.2, 0.25) is 0 Å². The number of aryl methyl sites for hydroxylation is 1. The molecule has 0 radical (unpaired) electrons. The summed E-state index contributed by atoms with van der Waals surface area (Å²) in [5, 5.41) is 20.9. The second-order valence-electron chi connectivity index (χ2n) is 11.7. The third-order valence-electron chi connectivity index (χ3n) is 8.18. The molecule has 0 fully saturated rings. The molecule has 0 atom stereocenters. The molecule has 5 aromatic heterocycles. The highest BCUT2D eigenvalue weighted by molar-refractivity contribution is 5.99. The molecule has 13 nitrogen and oxygen atoms in total. The smallest absolute Gasteiger partial charge is 0.281 e. The van der Waals surface area contributed by atoms with E-state index < -0.39 is 5.60 Å². The van der Waals surface area contributed by atoms with Crippen LogP contribution < -0.4 is 16.0 Å². The van der Waals surface area contributed by atoms with Gasteiger partial charge in [0.05, 0.1) is 22.0 Å². The normalized spacial score (nSPS) is 13.8. The summed E-state index contributed by atoms with van der Waals surface area (Å²) in [6.07, 6.45) is 7.23. The molecule has 0 bridgehead atoms. The summed E-state index contributed by atoms with van der Waals surface area (Å²) in [6, 6.07) is 14.6. The quantitative estimate of drug-likeness (QED) is 0.300. The third kappa shape index (κ3) is 4.08. The Morgan fingerprint density at radius 2 is 1.84 bits per heavy atom. The Balaban J connectivity index is 1.35. The van der Waals surface area contributed by atoms with Crippen molar-refractivity contribution in [2.24, 2.45) is 7.05 Å². The van der Waals surface area contributed by atoms with E-state index in [2.05, 4.69) is 15.1 Å². The molecule has 6 heterocycles. The number of ether oxygens (including phenoxy) is 1. The number of hydrogen-bond acceptors (Lipinski definition) is 9. The summed E-state index contributed by atoms with van der Waals surface area (Å²) in [7, 11) is 1.84. The zero-order valence-electron chi connectivity index (χ0n) is 24.7. The Kier molecular flexibility index (Phi) is 5.63. The van der Waals surface area contributed by atoms with Crippen molar-refractivity contribution in [2.45, 2.75) is 32.4 Å². The van der Waals surface area contributed by atoms with Gasteiger partial charge in [-0.3, -0.25) is 14.2 Å². The lowest BCUT2D eigenvalue weighted by Gasteiger charge is -2.16. The molecule has 1 aliphatic rings. The lowest BCUT2D eigenvalue weighted by Crippen LogP contribution is -2.31. The molecule has 8 rings (SSSR count). The summed E-state index contributed by atoms with van der Waals surface area (Å²) in [5.74, 6) is 1.18. The van der Waals surface area contributed by atoms with Gasteiger partial charge in [-0.25, -0.2) is 19.6 Å². The van der Waals surface area contributed by atoms with Crippen LogP contribution in [0.3, 0.4) is 0 Å². The Bertz CT molecular complexity index is 2350. The van der Waals surface area contributed by atoms with E-state index >= 15 is 0 Å². The Morgan fingerprint density at radius 1 is 1.02 bits per heavy atom. The van der Waals surface area contributed by atoms with Crippen LogP contribution in [0.5, 0.6) is 11.5 Å². The number of aromatic nitrogens is 9. The predicted octanol–water partition coefficient (Wildman–Crippen LogP) is 3.77. The molecular weight excluding hydrogens is 572 g/mol. The van der Waals surface area contributed by atoms with Gasteiger partial charge in [-0.05, 0) is 50.2 Å². The summed E-state index contributed by atoms with van der Waals surface area (Å²) < 4.78 is 12.7. The minimum Gasteiger partial charge on any atom is -0.504 e. The van der Waals surface area contributed by atoms with E-state index in [-0.39, 0.29) is 23.7 Å². The molecular formula is C32H28N10O3. The molecule has 0 saturated carbocycles. The molecule has 0 unspecified atom stereocenters. The summed E-state index contributed by atoms with van der Waals surface area (Å²) in [6.45, 7) is 4.03. The number of nitrogen functional groups attached to an aromatic ring is 1. The fourth-order valence-corrected chi connectivity index (χ4v) is 6.25. The molecule has 224 valence electrons. The maximum absolute atomic E-state index is 14.4. The fraction of sp³-hybridized carbons (Fsp3) is 0.188. The number of anilines is 1. The number of phenolic OH excluding ortho intramolecular Hbond substituents is 1. The van der Waals surface area contributed by atoms with Crippen LogP contribution in [-0.4, -0.2) is 54.6 Å². The van der Waals surface area contributed by atoms with Crippen molar-refractivity contribution in [1.29, 1.82) is 0 Å². The lowest BCUT2D eigenvalue weighted by atomic mass is 9.95. The highest BCUT2D eigenvalue weighted by atomic mass is 16.5. The first-order valence-corrected chi connectivity index (χ1v) is 14.4. The molecule has 7 aromatic rings. The first-order valence-electron chi connectivity index (χ1n) is 14.4. The van der Waals surface area contributed by atoms with Crippen molar-refractivity contribution in [2.75, 3.05) is 5.73 Å². The van der Waals surface area contributed by atoms with E-state index in [4.69, 9.17) is 20.6 Å². The highest BCUT2D eigenvalue weighted by Crippen LogP contribution is 2.47. The van der Waals surface area contributed by atoms with Crippen molar-refractivity contribution in [3.05, 3.63) is 95.2 Å². The van der Waals surface area contributed by atoms with Crippen LogP contribution in [-0.2, 0) is 20.0 Å². The van der Waals surface area contributed by atoms with E-state index in [9.17, 15) is 9.90 Å². The Hall–Kier alpha value is -5.98. The molecule has 0 spiro atoms. The second kappa shape index (κ2) is 9.51. The van der Waals surface area contributed by atoms with Crippen LogP contribution in [0.1, 0.15) is 25.2 Å². The van der Waals surface area contributed by atoms with Gasteiger partial charge >= 0.3 is 0 Å².